The SMILES string of the molecule is O=C(COc1ccc(S(=O)(=O)Nc2ccc(F)cc2)cc1Cl)Nc1ccc(Cl)cc1C(=O)c1ccccc1. The Morgan fingerprint density at radius 2 is 1.58 bits per heavy atom. The summed E-state index contributed by atoms with van der Waals surface area (Å²) in [7, 11) is -4.01. The molecule has 0 atom stereocenters. The second-order valence-electron chi connectivity index (χ2n) is 7.93. The topological polar surface area (TPSA) is 102 Å². The van der Waals surface area contributed by atoms with E-state index in [9.17, 15) is 22.4 Å². The van der Waals surface area contributed by atoms with Crippen molar-refractivity contribution >= 4 is 56.3 Å². The molecule has 0 aliphatic carbocycles. The normalized spacial score (nSPS) is 11.0. The lowest BCUT2D eigenvalue weighted by Gasteiger charge is -2.13. The molecule has 7 nitrogen and oxygen atoms in total. The second-order valence-corrected chi connectivity index (χ2v) is 10.5. The standard InChI is InChI=1S/C27H19Cl2FN2O5S/c28-18-6-12-24(22(14-18)27(34)17-4-2-1-3-5-17)31-26(33)16-37-25-13-11-21(15-23(25)29)38(35,36)32-20-9-7-19(30)8-10-20/h1-15,32H,16H2,(H,31,33). The van der Waals surface area contributed by atoms with Gasteiger partial charge in [0.25, 0.3) is 15.9 Å². The molecule has 0 unspecified atom stereocenters. The number of hydrogen-bond donors (Lipinski definition) is 2. The summed E-state index contributed by atoms with van der Waals surface area (Å²) in [5, 5.41) is 2.90. The third kappa shape index (κ3) is 6.69. The van der Waals surface area contributed by atoms with Crippen LogP contribution in [0.2, 0.25) is 10.0 Å². The van der Waals surface area contributed by atoms with Crippen LogP contribution in [-0.4, -0.2) is 26.7 Å². The van der Waals surface area contributed by atoms with Crippen molar-refractivity contribution in [1.29, 1.82) is 0 Å². The quantitative estimate of drug-likeness (QED) is 0.233. The molecule has 0 radical (unpaired) electrons. The first-order chi connectivity index (χ1) is 18.1. The number of nitrogens with one attached hydrogen (secondary N) is 2. The van der Waals surface area contributed by atoms with Gasteiger partial charge in [0, 0.05) is 21.8 Å². The van der Waals surface area contributed by atoms with E-state index in [1.54, 1.807) is 30.3 Å². The van der Waals surface area contributed by atoms with Crippen molar-refractivity contribution < 1.29 is 27.1 Å². The number of sulfonamides is 1. The van der Waals surface area contributed by atoms with Crippen LogP contribution < -0.4 is 14.8 Å². The van der Waals surface area contributed by atoms with Crippen molar-refractivity contribution in [3.05, 3.63) is 118 Å². The highest BCUT2D eigenvalue weighted by atomic mass is 35.5. The first kappa shape index (κ1) is 27.1. The molecule has 4 aromatic rings. The van der Waals surface area contributed by atoms with E-state index in [-0.39, 0.29) is 38.4 Å². The van der Waals surface area contributed by atoms with Crippen LogP contribution in [0.5, 0.6) is 5.75 Å². The highest BCUT2D eigenvalue weighted by Crippen LogP contribution is 2.29. The van der Waals surface area contributed by atoms with Crippen LogP contribution in [0.1, 0.15) is 15.9 Å². The molecule has 0 saturated carbocycles. The molecule has 0 saturated heterocycles. The van der Waals surface area contributed by atoms with E-state index in [2.05, 4.69) is 10.0 Å². The van der Waals surface area contributed by atoms with E-state index >= 15 is 0 Å². The summed E-state index contributed by atoms with van der Waals surface area (Å²) < 4.78 is 46.1. The number of ketones is 1. The van der Waals surface area contributed by atoms with Crippen LogP contribution in [-0.2, 0) is 14.8 Å². The Morgan fingerprint density at radius 1 is 0.868 bits per heavy atom. The Labute approximate surface area is 228 Å². The van der Waals surface area contributed by atoms with Crippen LogP contribution >= 0.6 is 23.2 Å². The Balaban J connectivity index is 1.43. The number of amides is 1. The predicted octanol–water partition coefficient (Wildman–Crippen LogP) is 6.18. The first-order valence-corrected chi connectivity index (χ1v) is 13.3. The van der Waals surface area contributed by atoms with Gasteiger partial charge >= 0.3 is 0 Å². The molecule has 194 valence electrons. The van der Waals surface area contributed by atoms with Crippen LogP contribution in [0, 0.1) is 5.82 Å². The van der Waals surface area contributed by atoms with Gasteiger partial charge in [0.05, 0.1) is 15.6 Å². The molecule has 4 aromatic carbocycles. The molecule has 0 aliphatic rings. The zero-order valence-electron chi connectivity index (χ0n) is 19.5. The van der Waals surface area contributed by atoms with Crippen LogP contribution in [0.15, 0.2) is 95.9 Å². The fraction of sp³-hybridized carbons (Fsp3) is 0.0370. The van der Waals surface area contributed by atoms with Crippen molar-refractivity contribution in [2.24, 2.45) is 0 Å². The Bertz CT molecular complexity index is 1600. The molecule has 0 bridgehead atoms. The molecule has 0 fully saturated rings. The van der Waals surface area contributed by atoms with Gasteiger partial charge < -0.3 is 10.1 Å². The lowest BCUT2D eigenvalue weighted by atomic mass is 10.0. The van der Waals surface area contributed by atoms with Crippen molar-refractivity contribution in [3.63, 3.8) is 0 Å². The number of anilines is 2. The Hall–Kier alpha value is -3.92. The molecule has 11 heteroatoms. The third-order valence-corrected chi connectivity index (χ3v) is 7.11. The van der Waals surface area contributed by atoms with Crippen molar-refractivity contribution in [3.8, 4) is 5.75 Å². The maximum atomic E-state index is 13.1. The number of benzene rings is 4. The van der Waals surface area contributed by atoms with Crippen LogP contribution in [0.4, 0.5) is 15.8 Å². The van der Waals surface area contributed by atoms with Gasteiger partial charge in [0.2, 0.25) is 0 Å². The molecule has 1 amide bonds. The fourth-order valence-corrected chi connectivity index (χ4v) is 4.94. The minimum Gasteiger partial charge on any atom is -0.482 e. The van der Waals surface area contributed by atoms with Gasteiger partial charge in [-0.15, -0.1) is 0 Å². The highest BCUT2D eigenvalue weighted by Gasteiger charge is 2.19. The maximum Gasteiger partial charge on any atom is 0.262 e. The molecule has 0 aliphatic heterocycles. The smallest absolute Gasteiger partial charge is 0.262 e. The molecule has 0 heterocycles. The van der Waals surface area contributed by atoms with Gasteiger partial charge in [-0.3, -0.25) is 14.3 Å². The summed E-state index contributed by atoms with van der Waals surface area (Å²) in [6.07, 6.45) is 0. The van der Waals surface area contributed by atoms with Crippen molar-refractivity contribution in [2.45, 2.75) is 4.90 Å². The summed E-state index contributed by atoms with van der Waals surface area (Å²) in [5.74, 6) is -1.34. The van der Waals surface area contributed by atoms with Gasteiger partial charge in [0.1, 0.15) is 11.6 Å². The number of ether oxygens (including phenoxy) is 1. The lowest BCUT2D eigenvalue weighted by Crippen LogP contribution is -2.22. The Kier molecular flexibility index (Phi) is 8.31. The molecular formula is C27H19Cl2FN2O5S. The van der Waals surface area contributed by atoms with E-state index in [0.29, 0.717) is 10.6 Å². The molecule has 4 rings (SSSR count). The van der Waals surface area contributed by atoms with E-state index < -0.39 is 28.4 Å². The average molecular weight is 573 g/mol. The predicted molar refractivity (Wildman–Crippen MR) is 144 cm³/mol. The van der Waals surface area contributed by atoms with Crippen LogP contribution in [0.3, 0.4) is 0 Å². The minimum atomic E-state index is -4.01. The molecule has 0 spiro atoms. The Morgan fingerprint density at radius 3 is 2.26 bits per heavy atom. The van der Waals surface area contributed by atoms with Gasteiger partial charge in [-0.25, -0.2) is 12.8 Å². The summed E-state index contributed by atoms with van der Waals surface area (Å²) in [6.45, 7) is -0.471. The zero-order chi connectivity index (χ0) is 27.3. The molecule has 38 heavy (non-hydrogen) atoms. The van der Waals surface area contributed by atoms with E-state index in [1.165, 1.54) is 42.5 Å². The molecular weight excluding hydrogens is 554 g/mol. The summed E-state index contributed by atoms with van der Waals surface area (Å²) >= 11 is 12.3. The molecule has 2 N–H and O–H groups in total. The van der Waals surface area contributed by atoms with E-state index in [0.717, 1.165) is 18.2 Å². The van der Waals surface area contributed by atoms with Crippen molar-refractivity contribution in [2.75, 3.05) is 16.6 Å². The lowest BCUT2D eigenvalue weighted by molar-refractivity contribution is -0.118. The maximum absolute atomic E-state index is 13.1. The molecule has 0 aromatic heterocycles. The van der Waals surface area contributed by atoms with Gasteiger partial charge in [-0.05, 0) is 60.7 Å². The first-order valence-electron chi connectivity index (χ1n) is 11.0. The zero-order valence-corrected chi connectivity index (χ0v) is 21.8. The number of hydrogen-bond acceptors (Lipinski definition) is 5. The number of carbonyl (C=O) groups excluding carboxylic acids is 2. The third-order valence-electron chi connectivity index (χ3n) is 5.21. The fourth-order valence-electron chi connectivity index (χ4n) is 3.39. The van der Waals surface area contributed by atoms with E-state index in [1.807, 2.05) is 0 Å². The summed E-state index contributed by atoms with van der Waals surface area (Å²) in [4.78, 5) is 25.4. The van der Waals surface area contributed by atoms with E-state index in [4.69, 9.17) is 27.9 Å². The minimum absolute atomic E-state index is 0.0498. The van der Waals surface area contributed by atoms with Crippen LogP contribution in [0.25, 0.3) is 0 Å². The number of rotatable bonds is 9. The highest BCUT2D eigenvalue weighted by molar-refractivity contribution is 7.92. The van der Waals surface area contributed by atoms with Gasteiger partial charge in [0.15, 0.2) is 12.4 Å². The largest absolute Gasteiger partial charge is 0.482 e. The van der Waals surface area contributed by atoms with Gasteiger partial charge in [-0.2, -0.15) is 0 Å². The van der Waals surface area contributed by atoms with Gasteiger partial charge in [-0.1, -0.05) is 53.5 Å². The number of halogens is 3. The van der Waals surface area contributed by atoms with Crippen molar-refractivity contribution in [1.82, 2.24) is 0 Å². The number of carbonyl (C=O) groups is 2. The second kappa shape index (κ2) is 11.6. The summed E-state index contributed by atoms with van der Waals surface area (Å²) in [5.41, 5.74) is 1.05. The summed E-state index contributed by atoms with van der Waals surface area (Å²) in [6, 6.07) is 21.6. The average Bonchev–Trinajstić information content (AvgIpc) is 2.90. The monoisotopic (exact) mass is 572 g/mol.